The van der Waals surface area contributed by atoms with Gasteiger partial charge >= 0.3 is 5.97 Å². The minimum absolute atomic E-state index is 0.0855. The molecule has 0 unspecified atom stereocenters. The molecular weight excluding hydrogens is 180 g/mol. The Hall–Kier alpha value is -1.97. The van der Waals surface area contributed by atoms with Crippen molar-refractivity contribution in [3.8, 4) is 0 Å². The van der Waals surface area contributed by atoms with Crippen LogP contribution in [-0.2, 0) is 11.2 Å². The van der Waals surface area contributed by atoms with Gasteiger partial charge < -0.3 is 5.11 Å². The van der Waals surface area contributed by atoms with Crippen molar-refractivity contribution in [3.63, 3.8) is 0 Å². The smallest absolute Gasteiger partial charge is 0.309 e. The van der Waals surface area contributed by atoms with Crippen LogP contribution in [0.2, 0.25) is 0 Å². The van der Waals surface area contributed by atoms with Gasteiger partial charge in [-0.2, -0.15) is 0 Å². The van der Waals surface area contributed by atoms with Crippen molar-refractivity contribution in [2.45, 2.75) is 6.42 Å². The molecule has 0 radical (unpaired) electrons. The van der Waals surface area contributed by atoms with E-state index in [0.717, 1.165) is 11.0 Å². The zero-order chi connectivity index (χ0) is 9.97. The molecule has 2 rings (SSSR count). The van der Waals surface area contributed by atoms with Gasteiger partial charge in [-0.3, -0.25) is 9.78 Å². The van der Waals surface area contributed by atoms with Crippen LogP contribution in [0.5, 0.6) is 0 Å². The molecule has 0 spiro atoms. The van der Waals surface area contributed by atoms with E-state index in [1.807, 2.05) is 24.3 Å². The van der Waals surface area contributed by atoms with Crippen LogP contribution in [0, 0.1) is 0 Å². The molecule has 0 aliphatic heterocycles. The van der Waals surface area contributed by atoms with E-state index in [4.69, 9.17) is 5.11 Å². The molecule has 0 aliphatic carbocycles. The Kier molecular flexibility index (Phi) is 2.10. The monoisotopic (exact) mass is 188 g/mol. The molecule has 1 aromatic carbocycles. The normalized spacial score (nSPS) is 10.3. The van der Waals surface area contributed by atoms with Crippen molar-refractivity contribution >= 4 is 17.0 Å². The highest BCUT2D eigenvalue weighted by molar-refractivity contribution is 5.75. The van der Waals surface area contributed by atoms with Gasteiger partial charge in [0.15, 0.2) is 0 Å². The molecule has 1 N–H and O–H groups in total. The van der Waals surface area contributed by atoms with E-state index in [1.165, 1.54) is 6.20 Å². The van der Waals surface area contributed by atoms with Crippen molar-refractivity contribution in [1.82, 2.24) is 9.97 Å². The third-order valence-corrected chi connectivity index (χ3v) is 1.83. The molecule has 0 fully saturated rings. The average molecular weight is 188 g/mol. The predicted octanol–water partition coefficient (Wildman–Crippen LogP) is 1.26. The maximum absolute atomic E-state index is 10.4. The van der Waals surface area contributed by atoms with Crippen molar-refractivity contribution in [2.24, 2.45) is 0 Å². The SMILES string of the molecule is O=C(O)Cc1cnc2ccccc2n1. The fourth-order valence-electron chi connectivity index (χ4n) is 1.24. The van der Waals surface area contributed by atoms with Crippen LogP contribution < -0.4 is 0 Å². The van der Waals surface area contributed by atoms with E-state index < -0.39 is 5.97 Å². The second-order valence-electron chi connectivity index (χ2n) is 2.92. The number of para-hydroxylation sites is 2. The van der Waals surface area contributed by atoms with Crippen LogP contribution in [-0.4, -0.2) is 21.0 Å². The first kappa shape index (κ1) is 8.62. The molecule has 4 heteroatoms. The molecule has 1 aromatic heterocycles. The summed E-state index contributed by atoms with van der Waals surface area (Å²) in [5.74, 6) is -0.894. The number of carbonyl (C=O) groups is 1. The summed E-state index contributed by atoms with van der Waals surface area (Å²) in [6.45, 7) is 0. The number of nitrogens with zero attached hydrogens (tertiary/aromatic N) is 2. The number of carboxylic acid groups (broad SMARTS) is 1. The zero-order valence-electron chi connectivity index (χ0n) is 7.34. The van der Waals surface area contributed by atoms with Crippen LogP contribution in [0.1, 0.15) is 5.69 Å². The summed E-state index contributed by atoms with van der Waals surface area (Å²) in [4.78, 5) is 18.7. The van der Waals surface area contributed by atoms with Crippen LogP contribution in [0.25, 0.3) is 11.0 Å². The number of aliphatic carboxylic acids is 1. The Labute approximate surface area is 80.2 Å². The lowest BCUT2D eigenvalue weighted by Crippen LogP contribution is -2.02. The topological polar surface area (TPSA) is 63.1 Å². The second-order valence-corrected chi connectivity index (χ2v) is 2.92. The molecule has 0 bridgehead atoms. The van der Waals surface area contributed by atoms with Crippen LogP contribution in [0.15, 0.2) is 30.5 Å². The second kappa shape index (κ2) is 3.41. The maximum atomic E-state index is 10.4. The molecule has 0 atom stereocenters. The molecule has 2 aromatic rings. The van der Waals surface area contributed by atoms with Gasteiger partial charge in [0.1, 0.15) is 0 Å². The maximum Gasteiger partial charge on any atom is 0.309 e. The van der Waals surface area contributed by atoms with Gasteiger partial charge in [-0.25, -0.2) is 4.98 Å². The molecule has 0 saturated heterocycles. The van der Waals surface area contributed by atoms with E-state index in [-0.39, 0.29) is 6.42 Å². The minimum Gasteiger partial charge on any atom is -0.481 e. The molecular formula is C10H8N2O2. The summed E-state index contributed by atoms with van der Waals surface area (Å²) in [7, 11) is 0. The fraction of sp³-hybridized carbons (Fsp3) is 0.100. The lowest BCUT2D eigenvalue weighted by molar-refractivity contribution is -0.136. The Bertz CT molecular complexity index is 482. The quantitative estimate of drug-likeness (QED) is 0.770. The number of rotatable bonds is 2. The molecule has 0 aliphatic rings. The van der Waals surface area contributed by atoms with Crippen molar-refractivity contribution < 1.29 is 9.90 Å². The minimum atomic E-state index is -0.894. The largest absolute Gasteiger partial charge is 0.481 e. The number of aromatic nitrogens is 2. The lowest BCUT2D eigenvalue weighted by Gasteiger charge is -1.98. The lowest BCUT2D eigenvalue weighted by atomic mass is 10.2. The molecule has 1 heterocycles. The van der Waals surface area contributed by atoms with E-state index in [9.17, 15) is 4.79 Å². The molecule has 4 nitrogen and oxygen atoms in total. The van der Waals surface area contributed by atoms with Crippen molar-refractivity contribution in [3.05, 3.63) is 36.2 Å². The standard InChI is InChI=1S/C10H8N2O2/c13-10(14)5-7-6-11-8-3-1-2-4-9(8)12-7/h1-4,6H,5H2,(H,13,14). The van der Waals surface area contributed by atoms with Gasteiger partial charge in [0, 0.05) is 6.20 Å². The molecule has 0 amide bonds. The highest BCUT2D eigenvalue weighted by Crippen LogP contribution is 2.08. The Morgan fingerprint density at radius 1 is 1.29 bits per heavy atom. The van der Waals surface area contributed by atoms with E-state index >= 15 is 0 Å². The third kappa shape index (κ3) is 1.69. The predicted molar refractivity (Wildman–Crippen MR) is 50.9 cm³/mol. The van der Waals surface area contributed by atoms with Gasteiger partial charge in [-0.05, 0) is 12.1 Å². The first-order chi connectivity index (χ1) is 6.75. The van der Waals surface area contributed by atoms with Gasteiger partial charge in [0.25, 0.3) is 0 Å². The summed E-state index contributed by atoms with van der Waals surface area (Å²) in [5.41, 5.74) is 1.99. The number of fused-ring (bicyclic) bond motifs is 1. The molecule has 70 valence electrons. The van der Waals surface area contributed by atoms with Crippen LogP contribution in [0.4, 0.5) is 0 Å². The van der Waals surface area contributed by atoms with Crippen LogP contribution >= 0.6 is 0 Å². The number of benzene rings is 1. The molecule has 14 heavy (non-hydrogen) atoms. The van der Waals surface area contributed by atoms with Gasteiger partial charge in [0.05, 0.1) is 23.1 Å². The number of hydrogen-bond acceptors (Lipinski definition) is 3. The first-order valence-electron chi connectivity index (χ1n) is 4.18. The summed E-state index contributed by atoms with van der Waals surface area (Å²) in [6, 6.07) is 7.37. The summed E-state index contributed by atoms with van der Waals surface area (Å²) in [6.07, 6.45) is 1.41. The first-order valence-corrected chi connectivity index (χ1v) is 4.18. The van der Waals surface area contributed by atoms with Crippen molar-refractivity contribution in [1.29, 1.82) is 0 Å². The molecule has 0 saturated carbocycles. The zero-order valence-corrected chi connectivity index (χ0v) is 7.34. The van der Waals surface area contributed by atoms with Gasteiger partial charge in [-0.15, -0.1) is 0 Å². The van der Waals surface area contributed by atoms with E-state index in [0.29, 0.717) is 5.69 Å². The highest BCUT2D eigenvalue weighted by atomic mass is 16.4. The summed E-state index contributed by atoms with van der Waals surface area (Å²) in [5, 5.41) is 8.57. The van der Waals surface area contributed by atoms with Gasteiger partial charge in [-0.1, -0.05) is 12.1 Å². The van der Waals surface area contributed by atoms with E-state index in [2.05, 4.69) is 9.97 Å². The Balaban J connectivity index is 2.46. The number of carboxylic acids is 1. The van der Waals surface area contributed by atoms with Crippen LogP contribution in [0.3, 0.4) is 0 Å². The van der Waals surface area contributed by atoms with Gasteiger partial charge in [0.2, 0.25) is 0 Å². The fourth-order valence-corrected chi connectivity index (χ4v) is 1.24. The Morgan fingerprint density at radius 2 is 2.00 bits per heavy atom. The Morgan fingerprint density at radius 3 is 2.71 bits per heavy atom. The summed E-state index contributed by atoms with van der Waals surface area (Å²) >= 11 is 0. The van der Waals surface area contributed by atoms with Crippen molar-refractivity contribution in [2.75, 3.05) is 0 Å². The van der Waals surface area contributed by atoms with E-state index in [1.54, 1.807) is 0 Å². The summed E-state index contributed by atoms with van der Waals surface area (Å²) < 4.78 is 0. The highest BCUT2D eigenvalue weighted by Gasteiger charge is 2.03. The number of hydrogen-bond donors (Lipinski definition) is 1. The average Bonchev–Trinajstić information content (AvgIpc) is 2.17. The third-order valence-electron chi connectivity index (χ3n) is 1.83.